The van der Waals surface area contributed by atoms with Crippen molar-refractivity contribution < 1.29 is 110 Å². The molecule has 7 amide bonds. The summed E-state index contributed by atoms with van der Waals surface area (Å²) < 4.78 is 62.0. The number of aromatic nitrogens is 3. The molecule has 3 atom stereocenters. The van der Waals surface area contributed by atoms with E-state index in [9.17, 15) is 57.5 Å². The Morgan fingerprint density at radius 2 is 1.00 bits per heavy atom. The van der Waals surface area contributed by atoms with Crippen molar-refractivity contribution in [1.29, 1.82) is 0 Å². The highest BCUT2D eigenvalue weighted by Crippen LogP contribution is 2.32. The summed E-state index contributed by atoms with van der Waals surface area (Å²) in [6, 6.07) is 13.6. The first kappa shape index (κ1) is 105. The van der Waals surface area contributed by atoms with Gasteiger partial charge in [-0.1, -0.05) is 76.2 Å². The molecule has 6 N–H and O–H groups in total. The van der Waals surface area contributed by atoms with Crippen molar-refractivity contribution in [2.45, 2.75) is 198 Å². The van der Waals surface area contributed by atoms with Gasteiger partial charge in [-0.2, -0.15) is 0 Å². The number of nitrogens with one attached hydrogen (secondary N) is 4. The van der Waals surface area contributed by atoms with Gasteiger partial charge < -0.3 is 79.1 Å². The Hall–Kier alpha value is -8.90. The third-order valence-corrected chi connectivity index (χ3v) is 19.7. The number of carbonyl (C=O) groups is 12. The lowest BCUT2D eigenvalue weighted by Crippen LogP contribution is -2.45. The molecule has 3 aromatic rings. The number of nitrogens with zero attached hydrogens (tertiary/aromatic N) is 5. The minimum absolute atomic E-state index is 0. The van der Waals surface area contributed by atoms with Crippen molar-refractivity contribution in [1.82, 2.24) is 40.7 Å². The van der Waals surface area contributed by atoms with Gasteiger partial charge in [-0.15, -0.1) is 5.10 Å². The zero-order chi connectivity index (χ0) is 88.2. The van der Waals surface area contributed by atoms with E-state index >= 15 is 0 Å². The predicted molar refractivity (Wildman–Crippen MR) is 455 cm³/mol. The van der Waals surface area contributed by atoms with Crippen LogP contribution in [-0.2, 0) is 142 Å². The van der Waals surface area contributed by atoms with E-state index in [2.05, 4.69) is 31.6 Å². The van der Waals surface area contributed by atoms with Crippen molar-refractivity contribution in [3.63, 3.8) is 0 Å². The number of rotatable bonds is 63. The largest absolute Gasteiger partial charge is 0.460 e. The van der Waals surface area contributed by atoms with E-state index in [0.717, 1.165) is 53.8 Å². The molecule has 682 valence electrons. The molecule has 1 aromatic heterocycles. The number of benzene rings is 2. The number of esters is 2. The van der Waals surface area contributed by atoms with E-state index in [1.807, 2.05) is 72.0 Å². The first-order chi connectivity index (χ1) is 58.0. The van der Waals surface area contributed by atoms with Crippen LogP contribution >= 0.6 is 0 Å². The van der Waals surface area contributed by atoms with Crippen LogP contribution < -0.4 is 27.0 Å². The minimum Gasteiger partial charge on any atom is -0.460 e. The standard InChI is InChI=1S/C57H89N7O17.C31H45N3O6.CH4/c1-57(2,3)56(71)81-41-46-9-7-44(8-10-46)38-51(66)49(6-4-5-19-58)60-53(68)43-80-42-52(67)59-20-22-72-24-26-74-28-30-76-32-34-78-36-37-79-35-33-77-31-29-75-27-25-73-23-21-63-40-48(61-62-63)15-16-50(65)47-13-11-45(12-14-47)39-64-54(69)17-18-55(64)70;1-21(2)29(33-26(36)10-8-7-9-17-34-27(37)15-16-28(34)38)25(35)18-22(3)19-32-24-13-11-23(12-14-24)20-40-30(39)31(4,5)6;/h7-10,17-18,40,45,47,49H,4-6,11-16,19-39,41-43,58H2,1-3H3,(H,59,67)(H,60,68);11-16,21-22,29,32H,7-10,17-20H2,1-6H3,(H,33,36);1H4/t45?,47?,49-;22-,29+;/m01./s1. The lowest BCUT2D eigenvalue weighted by molar-refractivity contribution is -0.155. The molecule has 1 aliphatic carbocycles. The Morgan fingerprint density at radius 3 is 1.51 bits per heavy atom. The highest BCUT2D eigenvalue weighted by atomic mass is 16.6. The fourth-order valence-corrected chi connectivity index (χ4v) is 12.6. The number of imide groups is 2. The van der Waals surface area contributed by atoms with Crippen LogP contribution in [-0.4, -0.2) is 259 Å². The molecule has 122 heavy (non-hydrogen) atoms. The molecule has 0 saturated heterocycles. The van der Waals surface area contributed by atoms with Gasteiger partial charge in [0.15, 0.2) is 11.6 Å². The van der Waals surface area contributed by atoms with E-state index in [1.54, 1.807) is 49.7 Å². The third kappa shape index (κ3) is 44.9. The smallest absolute Gasteiger partial charge is 0.311 e. The number of carbonyl (C=O) groups excluding carboxylic acids is 12. The number of nitrogens with two attached hydrogens (primary N) is 1. The summed E-state index contributed by atoms with van der Waals surface area (Å²) in [5.41, 5.74) is 8.64. The molecular weight excluding hydrogens is 1580 g/mol. The zero-order valence-corrected chi connectivity index (χ0v) is 72.7. The molecule has 2 aromatic carbocycles. The van der Waals surface area contributed by atoms with E-state index < -0.39 is 34.7 Å². The van der Waals surface area contributed by atoms with Gasteiger partial charge in [0.25, 0.3) is 23.6 Å². The number of aryl methyl sites for hydroxylation is 1. The van der Waals surface area contributed by atoms with Gasteiger partial charge >= 0.3 is 11.9 Å². The number of hydrogen-bond acceptors (Lipinski definition) is 27. The van der Waals surface area contributed by atoms with Crippen LogP contribution in [0, 0.1) is 34.5 Å². The van der Waals surface area contributed by atoms with Crippen molar-refractivity contribution in [2.24, 2.45) is 40.2 Å². The number of ketones is 3. The van der Waals surface area contributed by atoms with Crippen LogP contribution in [0.2, 0.25) is 0 Å². The summed E-state index contributed by atoms with van der Waals surface area (Å²) in [7, 11) is 0. The number of anilines is 1. The van der Waals surface area contributed by atoms with Gasteiger partial charge in [0.05, 0.1) is 141 Å². The molecule has 0 spiro atoms. The topological polar surface area (TPSA) is 418 Å². The van der Waals surface area contributed by atoms with Crippen LogP contribution in [0.15, 0.2) is 79.0 Å². The van der Waals surface area contributed by atoms with E-state index in [1.165, 1.54) is 34.1 Å². The Balaban J connectivity index is 0.000000637. The summed E-state index contributed by atoms with van der Waals surface area (Å²) in [4.78, 5) is 150. The normalized spacial score (nSPS) is 15.3. The highest BCUT2D eigenvalue weighted by Gasteiger charge is 2.33. The highest BCUT2D eigenvalue weighted by molar-refractivity contribution is 6.13. The molecule has 33 nitrogen and oxygen atoms in total. The van der Waals surface area contributed by atoms with E-state index in [4.69, 9.17) is 57.8 Å². The molecule has 0 bridgehead atoms. The Labute approximate surface area is 720 Å². The quantitative estimate of drug-likeness (QED) is 0.0209. The second-order valence-electron chi connectivity index (χ2n) is 32.7. The van der Waals surface area contributed by atoms with Crippen molar-refractivity contribution in [3.8, 4) is 0 Å². The van der Waals surface area contributed by atoms with E-state index in [-0.39, 0.29) is 136 Å². The van der Waals surface area contributed by atoms with Crippen molar-refractivity contribution >= 4 is 76.3 Å². The first-order valence-electron chi connectivity index (χ1n) is 42.5. The van der Waals surface area contributed by atoms with Crippen LogP contribution in [0.3, 0.4) is 0 Å². The van der Waals surface area contributed by atoms with Crippen LogP contribution in [0.4, 0.5) is 5.69 Å². The van der Waals surface area contributed by atoms with Crippen LogP contribution in [0.5, 0.6) is 0 Å². The van der Waals surface area contributed by atoms with Crippen LogP contribution in [0.1, 0.15) is 176 Å². The lowest BCUT2D eigenvalue weighted by atomic mass is 9.79. The molecule has 6 rings (SSSR count). The number of amides is 7. The van der Waals surface area contributed by atoms with Crippen molar-refractivity contribution in [3.05, 3.63) is 101 Å². The lowest BCUT2D eigenvalue weighted by Gasteiger charge is -2.29. The van der Waals surface area contributed by atoms with Gasteiger partial charge in [0.2, 0.25) is 17.7 Å². The maximum atomic E-state index is 13.2. The van der Waals surface area contributed by atoms with Gasteiger partial charge in [0.1, 0.15) is 32.2 Å². The summed E-state index contributed by atoms with van der Waals surface area (Å²) >= 11 is 0. The average molecular weight is 1720 g/mol. The van der Waals surface area contributed by atoms with Gasteiger partial charge in [-0.3, -0.25) is 67.3 Å². The Morgan fingerprint density at radius 1 is 0.516 bits per heavy atom. The summed E-state index contributed by atoms with van der Waals surface area (Å²) in [6.07, 6.45) is 15.6. The number of ether oxygens (including phenoxy) is 11. The maximum absolute atomic E-state index is 13.2. The molecule has 2 aliphatic heterocycles. The first-order valence-corrected chi connectivity index (χ1v) is 42.5. The summed E-state index contributed by atoms with van der Waals surface area (Å²) in [5.74, 6) is -2.36. The zero-order valence-electron chi connectivity index (χ0n) is 72.7. The molecule has 3 heterocycles. The maximum Gasteiger partial charge on any atom is 0.311 e. The van der Waals surface area contributed by atoms with Gasteiger partial charge in [-0.05, 0) is 152 Å². The molecular formula is C89H138N10O23. The third-order valence-electron chi connectivity index (χ3n) is 19.7. The second-order valence-corrected chi connectivity index (χ2v) is 32.7. The van der Waals surface area contributed by atoms with Gasteiger partial charge in [0, 0.05) is 100 Å². The second kappa shape index (κ2) is 59.8. The molecule has 33 heteroatoms. The SMILES string of the molecule is C.CC(C)(C)C(=O)OCc1ccc(CC(=O)[C@H](CCCCN)NC(=O)COCC(=O)NCCOCCOCCOCCOCCOCCOCCOCCOCCn2cc(CCC(=O)C3CCC(CN4C(=O)C=CC4=O)CC3)nn2)cc1.CC(C)[C@H](NC(=O)CCCCCN1C(=O)C=CC1=O)C(=O)C[C@@H](C)CNc1ccc(COC(=O)C(C)(C)C)cc1. The monoisotopic (exact) mass is 1710 g/mol. The Bertz CT molecular complexity index is 3660. The molecule has 3 aliphatic rings. The molecule has 0 radical (unpaired) electrons. The van der Waals surface area contributed by atoms with Gasteiger partial charge in [-0.25, -0.2) is 4.68 Å². The summed E-state index contributed by atoms with van der Waals surface area (Å²) in [5, 5.41) is 20.0. The minimum atomic E-state index is -0.737. The van der Waals surface area contributed by atoms with Crippen molar-refractivity contribution in [2.75, 3.05) is 157 Å². The fourth-order valence-electron chi connectivity index (χ4n) is 12.6. The molecule has 0 unspecified atom stereocenters. The van der Waals surface area contributed by atoms with Crippen LogP contribution in [0.25, 0.3) is 0 Å². The summed E-state index contributed by atoms with van der Waals surface area (Å²) in [6.45, 7) is 25.5. The number of Topliss-reactive ketones (excluding diaryl/α,β-unsaturated/α-hetero) is 3. The predicted octanol–water partition coefficient (Wildman–Crippen LogP) is 7.34. The average Bonchev–Trinajstić information content (AvgIpc) is 1.72. The van der Waals surface area contributed by atoms with E-state index in [0.29, 0.717) is 196 Å². The molecule has 1 saturated carbocycles. The Kier molecular flexibility index (Phi) is 51.7. The number of unbranched alkanes of at least 4 members (excludes halogenated alkanes) is 3. The fraction of sp³-hybridized carbons (Fsp3) is 0.663. The number of hydrogen-bond donors (Lipinski definition) is 5. The molecule has 1 fully saturated rings.